The highest BCUT2D eigenvalue weighted by Crippen LogP contribution is 2.31. The second kappa shape index (κ2) is 5.31. The number of aromatic nitrogens is 3. The molecule has 22 heavy (non-hydrogen) atoms. The van der Waals surface area contributed by atoms with Gasteiger partial charge in [0.25, 0.3) is 0 Å². The molecule has 4 nitrogen and oxygen atoms in total. The molecule has 0 saturated carbocycles. The van der Waals surface area contributed by atoms with Gasteiger partial charge in [0, 0.05) is 22.4 Å². The highest BCUT2D eigenvalue weighted by Gasteiger charge is 2.17. The Labute approximate surface area is 133 Å². The lowest BCUT2D eigenvalue weighted by molar-refractivity contribution is 0.763. The molecule has 0 saturated heterocycles. The van der Waals surface area contributed by atoms with Gasteiger partial charge in [0.1, 0.15) is 6.33 Å². The predicted molar refractivity (Wildman–Crippen MR) is 86.7 cm³/mol. The Balaban J connectivity index is 1.98. The number of hydrogen-bond donors (Lipinski definition) is 1. The van der Waals surface area contributed by atoms with Gasteiger partial charge < -0.3 is 5.32 Å². The Morgan fingerprint density at radius 2 is 1.95 bits per heavy atom. The van der Waals surface area contributed by atoms with Gasteiger partial charge in [-0.3, -0.25) is 4.57 Å². The van der Waals surface area contributed by atoms with Crippen molar-refractivity contribution in [2.75, 3.05) is 0 Å². The predicted octanol–water partition coefficient (Wildman–Crippen LogP) is 3.41. The second-order valence-corrected chi connectivity index (χ2v) is 5.52. The molecule has 2 aromatic carbocycles. The molecule has 0 aliphatic carbocycles. The summed E-state index contributed by atoms with van der Waals surface area (Å²) < 4.78 is 1.99. The van der Waals surface area contributed by atoms with Crippen LogP contribution in [0.25, 0.3) is 11.3 Å². The van der Waals surface area contributed by atoms with E-state index in [9.17, 15) is 0 Å². The summed E-state index contributed by atoms with van der Waals surface area (Å²) >= 11 is 6.24. The highest BCUT2D eigenvalue weighted by molar-refractivity contribution is 6.30. The average molecular weight is 309 g/mol. The molecule has 0 bridgehead atoms. The van der Waals surface area contributed by atoms with Gasteiger partial charge in [0.05, 0.1) is 12.2 Å². The molecule has 1 aromatic heterocycles. The highest BCUT2D eigenvalue weighted by atomic mass is 35.5. The molecule has 108 valence electrons. The van der Waals surface area contributed by atoms with Crippen LogP contribution in [-0.4, -0.2) is 14.8 Å². The molecule has 0 fully saturated rings. The maximum Gasteiger partial charge on any atom is 0.156 e. The first-order chi connectivity index (χ1) is 10.8. The number of rotatable bonds is 1. The zero-order valence-electron chi connectivity index (χ0n) is 11.7. The molecular formula is C17H13ClN4. The monoisotopic (exact) mass is 308 g/mol. The summed E-state index contributed by atoms with van der Waals surface area (Å²) in [6, 6.07) is 16.1. The molecular weight excluding hydrogens is 296 g/mol. The zero-order chi connectivity index (χ0) is 14.9. The van der Waals surface area contributed by atoms with Crippen molar-refractivity contribution in [2.24, 2.45) is 0 Å². The van der Waals surface area contributed by atoms with Gasteiger partial charge in [-0.05, 0) is 23.8 Å². The Morgan fingerprint density at radius 3 is 2.82 bits per heavy atom. The van der Waals surface area contributed by atoms with Crippen LogP contribution >= 0.6 is 11.6 Å². The normalized spacial score (nSPS) is 15.6. The van der Waals surface area contributed by atoms with Crippen LogP contribution in [0.3, 0.4) is 0 Å². The summed E-state index contributed by atoms with van der Waals surface area (Å²) in [5.41, 5.74) is 4.31. The van der Waals surface area contributed by atoms with E-state index in [1.807, 2.05) is 47.2 Å². The Bertz CT molecular complexity index is 852. The first-order valence-electron chi connectivity index (χ1n) is 7.01. The second-order valence-electron chi connectivity index (χ2n) is 5.08. The van der Waals surface area contributed by atoms with Crippen molar-refractivity contribution in [3.05, 3.63) is 83.0 Å². The van der Waals surface area contributed by atoms with Crippen molar-refractivity contribution in [2.45, 2.75) is 6.54 Å². The summed E-state index contributed by atoms with van der Waals surface area (Å²) in [6.07, 6.45) is 3.75. The number of halogens is 1. The fraction of sp³-hybridized carbons (Fsp3) is 0.0588. The molecule has 1 aliphatic rings. The van der Waals surface area contributed by atoms with E-state index in [1.54, 1.807) is 6.33 Å². The van der Waals surface area contributed by atoms with Gasteiger partial charge in [0.2, 0.25) is 0 Å². The van der Waals surface area contributed by atoms with Gasteiger partial charge in [-0.2, -0.15) is 0 Å². The van der Waals surface area contributed by atoms with E-state index in [0.29, 0.717) is 11.6 Å². The van der Waals surface area contributed by atoms with Crippen molar-refractivity contribution in [1.29, 1.82) is 0 Å². The minimum Gasteiger partial charge on any atom is -0.383 e. The third-order valence-corrected chi connectivity index (χ3v) is 3.95. The van der Waals surface area contributed by atoms with Crippen molar-refractivity contribution in [3.63, 3.8) is 0 Å². The lowest BCUT2D eigenvalue weighted by Gasteiger charge is -2.19. The van der Waals surface area contributed by atoms with Crippen LogP contribution in [0.15, 0.2) is 61.1 Å². The van der Waals surface area contributed by atoms with E-state index < -0.39 is 0 Å². The van der Waals surface area contributed by atoms with Crippen LogP contribution in [0, 0.1) is 0 Å². The molecule has 2 heterocycles. The molecule has 0 spiro atoms. The summed E-state index contributed by atoms with van der Waals surface area (Å²) in [5, 5.41) is 12.2. The van der Waals surface area contributed by atoms with Crippen molar-refractivity contribution < 1.29 is 0 Å². The third kappa shape index (κ3) is 2.18. The quantitative estimate of drug-likeness (QED) is 0.749. The van der Waals surface area contributed by atoms with Gasteiger partial charge in [0.15, 0.2) is 5.82 Å². The molecule has 1 N–H and O–H groups in total. The first kappa shape index (κ1) is 13.1. The van der Waals surface area contributed by atoms with Gasteiger partial charge >= 0.3 is 0 Å². The summed E-state index contributed by atoms with van der Waals surface area (Å²) in [6.45, 7) is 0.623. The zero-order valence-corrected chi connectivity index (χ0v) is 12.5. The van der Waals surface area contributed by atoms with Crippen molar-refractivity contribution in [1.82, 2.24) is 20.1 Å². The van der Waals surface area contributed by atoms with Crippen molar-refractivity contribution in [3.8, 4) is 5.69 Å². The number of hydrogen-bond acceptors (Lipinski definition) is 3. The molecule has 0 amide bonds. The number of nitrogens with one attached hydrogen (secondary N) is 1. The summed E-state index contributed by atoms with van der Waals surface area (Å²) in [5.74, 6) is 0.868. The molecule has 0 atom stereocenters. The van der Waals surface area contributed by atoms with Crippen LogP contribution in [0.1, 0.15) is 17.0 Å². The number of benzene rings is 2. The van der Waals surface area contributed by atoms with E-state index in [4.69, 9.17) is 11.6 Å². The maximum atomic E-state index is 6.24. The molecule has 5 heteroatoms. The third-order valence-electron chi connectivity index (χ3n) is 3.72. The van der Waals surface area contributed by atoms with Crippen LogP contribution < -0.4 is 5.32 Å². The Kier molecular flexibility index (Phi) is 3.16. The lowest BCUT2D eigenvalue weighted by Crippen LogP contribution is -2.15. The summed E-state index contributed by atoms with van der Waals surface area (Å²) in [7, 11) is 0. The Hall–Kier alpha value is -2.59. The summed E-state index contributed by atoms with van der Waals surface area (Å²) in [4.78, 5) is 0. The largest absolute Gasteiger partial charge is 0.383 e. The van der Waals surface area contributed by atoms with Crippen LogP contribution in [0.2, 0.25) is 5.02 Å². The number of fused-ring (bicyclic) bond motifs is 3. The first-order valence-corrected chi connectivity index (χ1v) is 7.39. The lowest BCUT2D eigenvalue weighted by atomic mass is 9.96. The van der Waals surface area contributed by atoms with Gasteiger partial charge in [-0.25, -0.2) is 0 Å². The van der Waals surface area contributed by atoms with E-state index in [1.165, 1.54) is 0 Å². The fourth-order valence-electron chi connectivity index (χ4n) is 2.69. The van der Waals surface area contributed by atoms with Gasteiger partial charge in [-0.1, -0.05) is 41.9 Å². The number of nitrogens with zero attached hydrogens (tertiary/aromatic N) is 3. The maximum absolute atomic E-state index is 6.24. The van der Waals surface area contributed by atoms with E-state index >= 15 is 0 Å². The fourth-order valence-corrected chi connectivity index (χ4v) is 2.87. The SMILES string of the molecule is Clc1ccc2c(c1)/C(c1ccccc1)=C\NCc1nncn1-2. The Morgan fingerprint density at radius 1 is 1.09 bits per heavy atom. The molecule has 1 aliphatic heterocycles. The minimum atomic E-state index is 0.623. The van der Waals surface area contributed by atoms with Crippen LogP contribution in [-0.2, 0) is 6.54 Å². The van der Waals surface area contributed by atoms with Crippen LogP contribution in [0.4, 0.5) is 0 Å². The topological polar surface area (TPSA) is 42.7 Å². The van der Waals surface area contributed by atoms with Gasteiger partial charge in [-0.15, -0.1) is 10.2 Å². The van der Waals surface area contributed by atoms with E-state index in [0.717, 1.165) is 28.2 Å². The molecule has 4 rings (SSSR count). The molecule has 3 aromatic rings. The molecule has 0 radical (unpaired) electrons. The van der Waals surface area contributed by atoms with E-state index in [-0.39, 0.29) is 0 Å². The van der Waals surface area contributed by atoms with Crippen LogP contribution in [0.5, 0.6) is 0 Å². The minimum absolute atomic E-state index is 0.623. The van der Waals surface area contributed by atoms with E-state index in [2.05, 4.69) is 27.6 Å². The van der Waals surface area contributed by atoms with Crippen molar-refractivity contribution >= 4 is 17.2 Å². The molecule has 0 unspecified atom stereocenters. The standard InChI is InChI=1S/C17H13ClN4/c18-13-6-7-16-14(8-13)15(12-4-2-1-3-5-12)9-19-10-17-21-20-11-22(16)17/h1-9,11,19H,10H2/b15-9-. The smallest absolute Gasteiger partial charge is 0.156 e. The average Bonchev–Trinajstić information content (AvgIpc) is 2.98.